The van der Waals surface area contributed by atoms with E-state index >= 15 is 0 Å². The van der Waals surface area contributed by atoms with Gasteiger partial charge in [0.15, 0.2) is 0 Å². The fourth-order valence-corrected chi connectivity index (χ4v) is 3.03. The summed E-state index contributed by atoms with van der Waals surface area (Å²) in [5, 5.41) is 0. The average molecular weight is 290 g/mol. The smallest absolute Gasteiger partial charge is 0.255 e. The number of carbonyl (C=O) groups is 2. The highest BCUT2D eigenvalue weighted by molar-refractivity contribution is 6.24. The van der Waals surface area contributed by atoms with Gasteiger partial charge in [-0.1, -0.05) is 12.1 Å². The van der Waals surface area contributed by atoms with E-state index in [1.165, 1.54) is 12.2 Å². The third-order valence-corrected chi connectivity index (χ3v) is 4.03. The van der Waals surface area contributed by atoms with Crippen LogP contribution in [0, 0.1) is 13.8 Å². The summed E-state index contributed by atoms with van der Waals surface area (Å²) >= 11 is 0. The Morgan fingerprint density at radius 2 is 1.05 bits per heavy atom. The summed E-state index contributed by atoms with van der Waals surface area (Å²) in [7, 11) is 0. The second-order valence-corrected chi connectivity index (χ2v) is 5.66. The number of hydrogen-bond donors (Lipinski definition) is 0. The molecule has 2 bridgehead atoms. The van der Waals surface area contributed by atoms with Gasteiger partial charge in [-0.05, 0) is 49.2 Å². The molecule has 0 saturated carbocycles. The lowest BCUT2D eigenvalue weighted by atomic mass is 10.0. The van der Waals surface area contributed by atoms with Crippen molar-refractivity contribution in [2.45, 2.75) is 13.8 Å². The first-order valence-electron chi connectivity index (χ1n) is 7.14. The minimum Gasteiger partial charge on any atom is -0.273 e. The van der Waals surface area contributed by atoms with Crippen molar-refractivity contribution in [3.63, 3.8) is 0 Å². The molecule has 0 atom stereocenters. The van der Waals surface area contributed by atoms with Crippen molar-refractivity contribution in [2.75, 3.05) is 9.80 Å². The highest BCUT2D eigenvalue weighted by atomic mass is 16.2. The van der Waals surface area contributed by atoms with Gasteiger partial charge < -0.3 is 0 Å². The molecule has 4 nitrogen and oxygen atoms in total. The first-order chi connectivity index (χ1) is 10.6. The Bertz CT molecular complexity index is 796. The summed E-state index contributed by atoms with van der Waals surface area (Å²) in [5.41, 5.74) is 5.07. The molecular formula is C18H14N2O2. The maximum Gasteiger partial charge on any atom is 0.255 e. The van der Waals surface area contributed by atoms with Gasteiger partial charge in [0.2, 0.25) is 0 Å². The molecule has 4 rings (SSSR count). The normalized spacial score (nSPS) is 17.0. The van der Waals surface area contributed by atoms with Crippen molar-refractivity contribution in [3.8, 4) is 0 Å². The minimum absolute atomic E-state index is 0.204. The summed E-state index contributed by atoms with van der Waals surface area (Å²) < 4.78 is 0. The maximum absolute atomic E-state index is 12.6. The number of nitrogens with zero attached hydrogens (tertiary/aromatic N) is 2. The van der Waals surface area contributed by atoms with Crippen molar-refractivity contribution in [1.29, 1.82) is 0 Å². The van der Waals surface area contributed by atoms with Crippen LogP contribution in [0.4, 0.5) is 22.7 Å². The Labute approximate surface area is 128 Å². The van der Waals surface area contributed by atoms with Gasteiger partial charge >= 0.3 is 0 Å². The van der Waals surface area contributed by atoms with Gasteiger partial charge in [-0.25, -0.2) is 0 Å². The lowest BCUT2D eigenvalue weighted by Gasteiger charge is -2.39. The number of fused-ring (bicyclic) bond motifs is 3. The van der Waals surface area contributed by atoms with Crippen LogP contribution in [0.1, 0.15) is 11.1 Å². The number of amides is 2. The predicted molar refractivity (Wildman–Crippen MR) is 85.8 cm³/mol. The van der Waals surface area contributed by atoms with E-state index in [1.807, 2.05) is 50.2 Å². The fraction of sp³-hybridized carbons (Fsp3) is 0.111. The van der Waals surface area contributed by atoms with E-state index in [-0.39, 0.29) is 11.8 Å². The molecule has 0 saturated heterocycles. The molecule has 2 heterocycles. The number of aryl methyl sites for hydroxylation is 2. The van der Waals surface area contributed by atoms with Crippen molar-refractivity contribution in [2.24, 2.45) is 0 Å². The van der Waals surface area contributed by atoms with Gasteiger partial charge in [-0.15, -0.1) is 0 Å². The fourth-order valence-electron chi connectivity index (χ4n) is 3.03. The van der Waals surface area contributed by atoms with Gasteiger partial charge in [-0.2, -0.15) is 0 Å². The van der Waals surface area contributed by atoms with E-state index in [0.717, 1.165) is 33.9 Å². The molecule has 2 aromatic carbocycles. The average Bonchev–Trinajstić information content (AvgIpc) is 2.48. The van der Waals surface area contributed by atoms with E-state index in [1.54, 1.807) is 9.80 Å². The third-order valence-electron chi connectivity index (χ3n) is 4.03. The molecule has 0 aliphatic carbocycles. The molecule has 2 aliphatic heterocycles. The molecule has 0 N–H and O–H groups in total. The van der Waals surface area contributed by atoms with Gasteiger partial charge in [0, 0.05) is 12.2 Å². The zero-order chi connectivity index (χ0) is 15.4. The van der Waals surface area contributed by atoms with Gasteiger partial charge in [-0.3, -0.25) is 19.4 Å². The molecule has 108 valence electrons. The van der Waals surface area contributed by atoms with Crippen molar-refractivity contribution >= 4 is 34.6 Å². The van der Waals surface area contributed by atoms with Gasteiger partial charge in [0.1, 0.15) is 0 Å². The molecule has 2 amide bonds. The third kappa shape index (κ3) is 1.64. The van der Waals surface area contributed by atoms with Crippen LogP contribution in [0.25, 0.3) is 0 Å². The van der Waals surface area contributed by atoms with Crippen LogP contribution < -0.4 is 9.80 Å². The number of benzene rings is 2. The topological polar surface area (TPSA) is 40.6 Å². The second kappa shape index (κ2) is 4.31. The standard InChI is InChI=1S/C18H14N2O2/c1-11-3-5-13-15(9-11)19-14-6-4-12(2)10-16(14)20(13)18(22)8-7-17(19)21/h3-10H,1-2H3/b8-7+. The Morgan fingerprint density at radius 1 is 0.636 bits per heavy atom. The zero-order valence-corrected chi connectivity index (χ0v) is 12.3. The predicted octanol–water partition coefficient (Wildman–Crippen LogP) is 3.52. The van der Waals surface area contributed by atoms with Crippen LogP contribution in [-0.4, -0.2) is 11.8 Å². The van der Waals surface area contributed by atoms with Gasteiger partial charge in [0.25, 0.3) is 11.8 Å². The summed E-state index contributed by atoms with van der Waals surface area (Å²) in [4.78, 5) is 28.5. The lowest BCUT2D eigenvalue weighted by molar-refractivity contribution is -0.116. The molecule has 4 heteroatoms. The summed E-state index contributed by atoms with van der Waals surface area (Å²) in [6.07, 6.45) is 2.67. The Hall–Kier alpha value is -2.88. The maximum atomic E-state index is 12.6. The summed E-state index contributed by atoms with van der Waals surface area (Å²) in [5.74, 6) is -0.408. The molecule has 0 aromatic heterocycles. The van der Waals surface area contributed by atoms with Crippen LogP contribution in [0.2, 0.25) is 0 Å². The highest BCUT2D eigenvalue weighted by Crippen LogP contribution is 2.49. The second-order valence-electron chi connectivity index (χ2n) is 5.66. The first kappa shape index (κ1) is 12.8. The van der Waals surface area contributed by atoms with Gasteiger partial charge in [0.05, 0.1) is 22.7 Å². The van der Waals surface area contributed by atoms with Crippen molar-refractivity contribution < 1.29 is 9.59 Å². The molecular weight excluding hydrogens is 276 g/mol. The molecule has 0 radical (unpaired) electrons. The zero-order valence-electron chi connectivity index (χ0n) is 12.3. The number of anilines is 4. The van der Waals surface area contributed by atoms with Crippen LogP contribution in [0.15, 0.2) is 48.6 Å². The first-order valence-corrected chi connectivity index (χ1v) is 7.14. The molecule has 0 unspecified atom stereocenters. The lowest BCUT2D eigenvalue weighted by Crippen LogP contribution is -2.37. The van der Waals surface area contributed by atoms with E-state index < -0.39 is 0 Å². The quantitative estimate of drug-likeness (QED) is 0.745. The van der Waals surface area contributed by atoms with E-state index in [2.05, 4.69) is 0 Å². The van der Waals surface area contributed by atoms with Crippen LogP contribution in [0.5, 0.6) is 0 Å². The highest BCUT2D eigenvalue weighted by Gasteiger charge is 2.35. The van der Waals surface area contributed by atoms with E-state index in [0.29, 0.717) is 0 Å². The van der Waals surface area contributed by atoms with Crippen LogP contribution in [0.3, 0.4) is 0 Å². The molecule has 0 spiro atoms. The minimum atomic E-state index is -0.204. The molecule has 22 heavy (non-hydrogen) atoms. The Kier molecular flexibility index (Phi) is 2.51. The Balaban J connectivity index is 2.12. The molecule has 2 aliphatic rings. The SMILES string of the molecule is Cc1ccc2c(c1)N1C(=O)/C=C/C(=O)N2c2cc(C)ccc21. The summed E-state index contributed by atoms with van der Waals surface area (Å²) in [6.45, 7) is 3.95. The van der Waals surface area contributed by atoms with Crippen molar-refractivity contribution in [3.05, 3.63) is 59.7 Å². The van der Waals surface area contributed by atoms with Crippen LogP contribution in [-0.2, 0) is 9.59 Å². The van der Waals surface area contributed by atoms with Crippen molar-refractivity contribution in [1.82, 2.24) is 0 Å². The molecule has 0 fully saturated rings. The van der Waals surface area contributed by atoms with E-state index in [9.17, 15) is 9.59 Å². The number of rotatable bonds is 0. The largest absolute Gasteiger partial charge is 0.273 e. The number of hydrogen-bond acceptors (Lipinski definition) is 2. The monoisotopic (exact) mass is 290 g/mol. The Morgan fingerprint density at radius 3 is 1.45 bits per heavy atom. The number of carbonyl (C=O) groups excluding carboxylic acids is 2. The molecule has 2 aromatic rings. The summed E-state index contributed by atoms with van der Waals surface area (Å²) in [6, 6.07) is 11.6. The van der Waals surface area contributed by atoms with Crippen LogP contribution >= 0.6 is 0 Å². The van der Waals surface area contributed by atoms with E-state index in [4.69, 9.17) is 0 Å².